The maximum absolute atomic E-state index is 13.4. The van der Waals surface area contributed by atoms with Gasteiger partial charge in [0.1, 0.15) is 18.1 Å². The van der Waals surface area contributed by atoms with Crippen LogP contribution in [0.1, 0.15) is 51.5 Å². The van der Waals surface area contributed by atoms with Crippen LogP contribution in [0.5, 0.6) is 11.5 Å². The molecule has 0 unspecified atom stereocenters. The minimum absolute atomic E-state index is 0.0761. The van der Waals surface area contributed by atoms with Gasteiger partial charge < -0.3 is 14.8 Å². The summed E-state index contributed by atoms with van der Waals surface area (Å²) in [5.41, 5.74) is 1.41. The highest BCUT2D eigenvalue weighted by Crippen LogP contribution is 2.42. The molecule has 2 aromatic rings. The number of likely N-dealkylation sites (tertiary alicyclic amines) is 1. The van der Waals surface area contributed by atoms with Gasteiger partial charge in [-0.3, -0.25) is 9.69 Å². The van der Waals surface area contributed by atoms with Crippen LogP contribution in [0.3, 0.4) is 0 Å². The van der Waals surface area contributed by atoms with Crippen molar-refractivity contribution in [2.24, 2.45) is 11.8 Å². The van der Waals surface area contributed by atoms with Crippen LogP contribution < -0.4 is 14.8 Å². The first-order valence-electron chi connectivity index (χ1n) is 12.4. The minimum atomic E-state index is -0.468. The van der Waals surface area contributed by atoms with Crippen LogP contribution in [-0.4, -0.2) is 44.2 Å². The van der Waals surface area contributed by atoms with Gasteiger partial charge in [0.2, 0.25) is 5.91 Å². The topological polar surface area (TPSA) is 50.8 Å². The molecule has 2 fully saturated rings. The van der Waals surface area contributed by atoms with E-state index < -0.39 is 5.41 Å². The fourth-order valence-corrected chi connectivity index (χ4v) is 5.69. The number of anilines is 1. The summed E-state index contributed by atoms with van der Waals surface area (Å²) in [6, 6.07) is 15.7. The number of methoxy groups -OCH3 is 1. The minimum Gasteiger partial charge on any atom is -0.497 e. The van der Waals surface area contributed by atoms with E-state index in [0.717, 1.165) is 79.9 Å². The fraction of sp³-hybridized carbons (Fsp3) is 0.536. The molecular formula is C28H38N2O3. The van der Waals surface area contributed by atoms with E-state index >= 15 is 0 Å². The number of benzene rings is 2. The van der Waals surface area contributed by atoms with Gasteiger partial charge in [-0.05, 0) is 73.1 Å². The van der Waals surface area contributed by atoms with E-state index in [1.165, 1.54) is 6.42 Å². The van der Waals surface area contributed by atoms with Gasteiger partial charge in [0, 0.05) is 25.3 Å². The van der Waals surface area contributed by atoms with Gasteiger partial charge in [0.15, 0.2) is 0 Å². The molecule has 0 aromatic heterocycles. The first-order chi connectivity index (χ1) is 16.0. The molecule has 1 amide bonds. The molecule has 178 valence electrons. The Hall–Kier alpha value is -2.53. The first-order valence-corrected chi connectivity index (χ1v) is 12.4. The largest absolute Gasteiger partial charge is 0.497 e. The molecule has 0 spiro atoms. The second-order valence-electron chi connectivity index (χ2n) is 10.1. The highest BCUT2D eigenvalue weighted by Gasteiger charge is 2.42. The number of carbonyl (C=O) groups excluding carboxylic acids is 1. The number of amides is 1. The van der Waals surface area contributed by atoms with Crippen LogP contribution in [0, 0.1) is 11.8 Å². The van der Waals surface area contributed by atoms with Crippen LogP contribution in [-0.2, 0) is 10.2 Å². The number of hydrogen-bond acceptors (Lipinski definition) is 4. The number of rotatable bonds is 8. The van der Waals surface area contributed by atoms with Gasteiger partial charge >= 0.3 is 0 Å². The molecule has 5 heteroatoms. The Labute approximate surface area is 198 Å². The molecule has 1 saturated carbocycles. The maximum atomic E-state index is 13.4. The average Bonchev–Trinajstić information content (AvgIpc) is 3.31. The molecule has 33 heavy (non-hydrogen) atoms. The quantitative estimate of drug-likeness (QED) is 0.577. The van der Waals surface area contributed by atoms with Crippen molar-refractivity contribution in [2.45, 2.75) is 51.4 Å². The van der Waals surface area contributed by atoms with Gasteiger partial charge in [-0.25, -0.2) is 0 Å². The van der Waals surface area contributed by atoms with E-state index in [1.807, 2.05) is 48.5 Å². The summed E-state index contributed by atoms with van der Waals surface area (Å²) in [4.78, 5) is 15.9. The number of hydrogen-bond donors (Lipinski definition) is 1. The zero-order valence-corrected chi connectivity index (χ0v) is 20.3. The normalized spacial score (nSPS) is 22.6. The standard InChI is InChI=1S/C28H38N2O3/c1-21-18-22(2)20-30(19-21)16-17-33-26-12-8-24(9-13-26)29-27(31)28(14-4-5-15-28)23-6-10-25(32-3)11-7-23/h6-13,21-22H,4-5,14-20H2,1-3H3,(H,29,31)/t21-,22-/m0/s1. The van der Waals surface area contributed by atoms with E-state index in [2.05, 4.69) is 24.1 Å². The van der Waals surface area contributed by atoms with Crippen molar-refractivity contribution in [3.63, 3.8) is 0 Å². The number of nitrogens with one attached hydrogen (secondary N) is 1. The summed E-state index contributed by atoms with van der Waals surface area (Å²) in [7, 11) is 1.66. The van der Waals surface area contributed by atoms with Crippen LogP contribution in [0.2, 0.25) is 0 Å². The molecule has 1 N–H and O–H groups in total. The molecule has 1 aliphatic heterocycles. The Morgan fingerprint density at radius 3 is 2.18 bits per heavy atom. The Morgan fingerprint density at radius 2 is 1.58 bits per heavy atom. The van der Waals surface area contributed by atoms with Gasteiger partial charge in [-0.1, -0.05) is 38.8 Å². The Morgan fingerprint density at radius 1 is 0.970 bits per heavy atom. The Bertz CT molecular complexity index is 894. The molecule has 1 aliphatic carbocycles. The zero-order chi connectivity index (χ0) is 23.3. The van der Waals surface area contributed by atoms with Crippen molar-refractivity contribution in [1.82, 2.24) is 4.90 Å². The molecule has 4 rings (SSSR count). The van der Waals surface area contributed by atoms with Crippen molar-refractivity contribution < 1.29 is 14.3 Å². The molecule has 2 aliphatic rings. The summed E-state index contributed by atoms with van der Waals surface area (Å²) in [5.74, 6) is 3.26. The molecule has 0 radical (unpaired) electrons. The van der Waals surface area contributed by atoms with Crippen molar-refractivity contribution >= 4 is 11.6 Å². The lowest BCUT2D eigenvalue weighted by molar-refractivity contribution is -0.121. The van der Waals surface area contributed by atoms with Gasteiger partial charge in [-0.15, -0.1) is 0 Å². The first kappa shape index (κ1) is 23.6. The molecular weight excluding hydrogens is 412 g/mol. The van der Waals surface area contributed by atoms with Gasteiger partial charge in [0.25, 0.3) is 0 Å². The maximum Gasteiger partial charge on any atom is 0.235 e. The highest BCUT2D eigenvalue weighted by molar-refractivity contribution is 5.99. The lowest BCUT2D eigenvalue weighted by atomic mass is 9.78. The van der Waals surface area contributed by atoms with E-state index in [-0.39, 0.29) is 5.91 Å². The van der Waals surface area contributed by atoms with Crippen molar-refractivity contribution in [1.29, 1.82) is 0 Å². The molecule has 1 heterocycles. The summed E-state index contributed by atoms with van der Waals surface area (Å²) >= 11 is 0. The third-order valence-corrected chi connectivity index (χ3v) is 7.27. The SMILES string of the molecule is COc1ccc(C2(C(=O)Nc3ccc(OCCN4C[C@@H](C)C[C@H](C)C4)cc3)CCCC2)cc1. The Balaban J connectivity index is 1.33. The molecule has 1 saturated heterocycles. The third kappa shape index (κ3) is 5.70. The van der Waals surface area contributed by atoms with E-state index in [9.17, 15) is 4.79 Å². The number of piperidine rings is 1. The van der Waals surface area contributed by atoms with Crippen LogP contribution in [0.25, 0.3) is 0 Å². The Kier molecular flexibility index (Phi) is 7.59. The third-order valence-electron chi connectivity index (χ3n) is 7.27. The van der Waals surface area contributed by atoms with E-state index in [1.54, 1.807) is 7.11 Å². The van der Waals surface area contributed by atoms with E-state index in [4.69, 9.17) is 9.47 Å². The van der Waals surface area contributed by atoms with Crippen molar-refractivity contribution in [3.8, 4) is 11.5 Å². The second-order valence-corrected chi connectivity index (χ2v) is 10.1. The second kappa shape index (κ2) is 10.6. The summed E-state index contributed by atoms with van der Waals surface area (Å²) in [5, 5.41) is 3.16. The van der Waals surface area contributed by atoms with Crippen molar-refractivity contribution in [3.05, 3.63) is 54.1 Å². The number of ether oxygens (including phenoxy) is 2. The number of nitrogens with zero attached hydrogens (tertiary/aromatic N) is 1. The van der Waals surface area contributed by atoms with E-state index in [0.29, 0.717) is 6.61 Å². The van der Waals surface area contributed by atoms with Crippen LogP contribution in [0.4, 0.5) is 5.69 Å². The van der Waals surface area contributed by atoms with Crippen LogP contribution >= 0.6 is 0 Å². The molecule has 2 atom stereocenters. The summed E-state index contributed by atoms with van der Waals surface area (Å²) < 4.78 is 11.3. The van der Waals surface area contributed by atoms with Crippen LogP contribution in [0.15, 0.2) is 48.5 Å². The highest BCUT2D eigenvalue weighted by atomic mass is 16.5. The monoisotopic (exact) mass is 450 g/mol. The number of carbonyl (C=O) groups is 1. The summed E-state index contributed by atoms with van der Waals surface area (Å²) in [6.45, 7) is 8.63. The van der Waals surface area contributed by atoms with Crippen molar-refractivity contribution in [2.75, 3.05) is 38.7 Å². The average molecular weight is 451 g/mol. The predicted octanol–water partition coefficient (Wildman–Crippen LogP) is 5.50. The van der Waals surface area contributed by atoms with Gasteiger partial charge in [-0.2, -0.15) is 0 Å². The predicted molar refractivity (Wildman–Crippen MR) is 133 cm³/mol. The smallest absolute Gasteiger partial charge is 0.235 e. The molecule has 5 nitrogen and oxygen atoms in total. The molecule has 2 aromatic carbocycles. The molecule has 0 bridgehead atoms. The summed E-state index contributed by atoms with van der Waals surface area (Å²) in [6.07, 6.45) is 5.21. The lowest BCUT2D eigenvalue weighted by Crippen LogP contribution is -2.40. The lowest BCUT2D eigenvalue weighted by Gasteiger charge is -2.34. The van der Waals surface area contributed by atoms with Gasteiger partial charge in [0.05, 0.1) is 12.5 Å². The zero-order valence-electron chi connectivity index (χ0n) is 20.3. The fourth-order valence-electron chi connectivity index (χ4n) is 5.69.